The van der Waals surface area contributed by atoms with Gasteiger partial charge in [0.05, 0.1) is 5.52 Å². The van der Waals surface area contributed by atoms with E-state index in [1.165, 1.54) is 35.2 Å². The number of hydrogen-bond acceptors (Lipinski definition) is 4. The Bertz CT molecular complexity index is 810. The zero-order chi connectivity index (χ0) is 13.4. The lowest BCUT2D eigenvalue weighted by atomic mass is 10.1. The lowest BCUT2D eigenvalue weighted by Gasteiger charge is -2.01. The highest BCUT2D eigenvalue weighted by molar-refractivity contribution is 7.98. The number of nitrogens with zero attached hydrogens (tertiary/aromatic N) is 1. The molecule has 0 amide bonds. The van der Waals surface area contributed by atoms with Crippen molar-refractivity contribution in [1.29, 1.82) is 0 Å². The number of hydrogen-bond donors (Lipinski definition) is 1. The van der Waals surface area contributed by atoms with Gasteiger partial charge in [-0.3, -0.25) is 4.79 Å². The first kappa shape index (κ1) is 12.4. The average Bonchev–Trinajstić information content (AvgIpc) is 2.83. The number of benzene rings is 1. The molecule has 0 spiro atoms. The van der Waals surface area contributed by atoms with Crippen molar-refractivity contribution in [1.82, 2.24) is 9.97 Å². The van der Waals surface area contributed by atoms with Gasteiger partial charge in [0.2, 0.25) is 0 Å². The molecule has 0 aliphatic rings. The zero-order valence-electron chi connectivity index (χ0n) is 9.94. The summed E-state index contributed by atoms with van der Waals surface area (Å²) in [6, 6.07) is 6.30. The Morgan fingerprint density at radius 3 is 3.00 bits per heavy atom. The summed E-state index contributed by atoms with van der Waals surface area (Å²) >= 11 is 2.69. The van der Waals surface area contributed by atoms with Gasteiger partial charge in [-0.15, -0.1) is 11.3 Å². The highest BCUT2D eigenvalue weighted by atomic mass is 32.2. The molecule has 0 saturated heterocycles. The summed E-state index contributed by atoms with van der Waals surface area (Å²) in [5.41, 5.74) is 2.00. The molecule has 0 aliphatic carbocycles. The molecule has 1 N–H and O–H groups in total. The van der Waals surface area contributed by atoms with Crippen molar-refractivity contribution >= 4 is 33.3 Å². The normalized spacial score (nSPS) is 11.1. The van der Waals surface area contributed by atoms with Gasteiger partial charge in [0.15, 0.2) is 5.16 Å². The van der Waals surface area contributed by atoms with Gasteiger partial charge >= 0.3 is 0 Å². The van der Waals surface area contributed by atoms with Crippen LogP contribution in [-0.4, -0.2) is 16.2 Å². The van der Waals surface area contributed by atoms with E-state index in [1.54, 1.807) is 6.07 Å². The van der Waals surface area contributed by atoms with Crippen molar-refractivity contribution in [3.05, 3.63) is 45.8 Å². The van der Waals surface area contributed by atoms with Crippen molar-refractivity contribution in [3.63, 3.8) is 0 Å². The molecule has 1 aromatic carbocycles. The van der Waals surface area contributed by atoms with Crippen LogP contribution in [0.15, 0.2) is 39.6 Å². The zero-order valence-corrected chi connectivity index (χ0v) is 11.6. The smallest absolute Gasteiger partial charge is 0.269 e. The molecule has 19 heavy (non-hydrogen) atoms. The van der Waals surface area contributed by atoms with Gasteiger partial charge in [-0.05, 0) is 24.0 Å². The Labute approximate surface area is 116 Å². The molecule has 96 valence electrons. The molecule has 0 unspecified atom stereocenters. The summed E-state index contributed by atoms with van der Waals surface area (Å²) in [5, 5.41) is 2.40. The Morgan fingerprint density at radius 2 is 2.26 bits per heavy atom. The second-order valence-corrected chi connectivity index (χ2v) is 5.59. The van der Waals surface area contributed by atoms with E-state index in [-0.39, 0.29) is 11.4 Å². The third kappa shape index (κ3) is 2.17. The molecule has 0 radical (unpaired) electrons. The minimum Gasteiger partial charge on any atom is -0.300 e. The topological polar surface area (TPSA) is 45.8 Å². The molecule has 0 bridgehead atoms. The van der Waals surface area contributed by atoms with Crippen molar-refractivity contribution in [2.24, 2.45) is 0 Å². The molecule has 0 fully saturated rings. The Balaban J connectivity index is 2.30. The summed E-state index contributed by atoms with van der Waals surface area (Å²) in [5.74, 6) is -0.299. The van der Waals surface area contributed by atoms with Crippen LogP contribution in [0.4, 0.5) is 4.39 Å². The van der Waals surface area contributed by atoms with Gasteiger partial charge in [0.25, 0.3) is 5.56 Å². The second kappa shape index (κ2) is 4.79. The third-order valence-corrected chi connectivity index (χ3v) is 4.28. The van der Waals surface area contributed by atoms with E-state index in [1.807, 2.05) is 17.7 Å². The number of thiophene rings is 1. The van der Waals surface area contributed by atoms with Crippen LogP contribution in [0.3, 0.4) is 0 Å². The van der Waals surface area contributed by atoms with Gasteiger partial charge in [-0.2, -0.15) is 0 Å². The Morgan fingerprint density at radius 1 is 1.42 bits per heavy atom. The fourth-order valence-corrected chi connectivity index (χ4v) is 3.15. The van der Waals surface area contributed by atoms with E-state index in [0.29, 0.717) is 15.4 Å². The van der Waals surface area contributed by atoms with Gasteiger partial charge < -0.3 is 4.98 Å². The SMILES string of the molecule is CSc1nc2c(-c3cccc(F)c3)csc2c(=O)[nH]1. The molecule has 0 saturated carbocycles. The predicted octanol–water partition coefficient (Wildman–Crippen LogP) is 3.51. The van der Waals surface area contributed by atoms with Crippen LogP contribution < -0.4 is 5.56 Å². The first-order chi connectivity index (χ1) is 9.19. The largest absolute Gasteiger partial charge is 0.300 e. The summed E-state index contributed by atoms with van der Waals surface area (Å²) in [4.78, 5) is 19.0. The maximum atomic E-state index is 13.3. The number of thioether (sulfide) groups is 1. The Kier molecular flexibility index (Phi) is 3.12. The number of rotatable bonds is 2. The minimum absolute atomic E-state index is 0.151. The minimum atomic E-state index is -0.299. The van der Waals surface area contributed by atoms with Crippen LogP contribution in [0.5, 0.6) is 0 Å². The van der Waals surface area contributed by atoms with Crippen LogP contribution in [0, 0.1) is 5.82 Å². The predicted molar refractivity (Wildman–Crippen MR) is 77.4 cm³/mol. The molecule has 2 aromatic heterocycles. The van der Waals surface area contributed by atoms with E-state index in [0.717, 1.165) is 11.1 Å². The maximum Gasteiger partial charge on any atom is 0.269 e. The van der Waals surface area contributed by atoms with Crippen LogP contribution in [-0.2, 0) is 0 Å². The van der Waals surface area contributed by atoms with Crippen LogP contribution in [0.1, 0.15) is 0 Å². The summed E-state index contributed by atoms with van der Waals surface area (Å²) in [6.45, 7) is 0. The van der Waals surface area contributed by atoms with Gasteiger partial charge in [-0.1, -0.05) is 23.9 Å². The number of aromatic nitrogens is 2. The van der Waals surface area contributed by atoms with Crippen molar-refractivity contribution in [2.75, 3.05) is 6.26 Å². The van der Waals surface area contributed by atoms with Gasteiger partial charge in [0, 0.05) is 10.9 Å². The maximum absolute atomic E-state index is 13.3. The van der Waals surface area contributed by atoms with Crippen LogP contribution >= 0.6 is 23.1 Å². The number of nitrogens with one attached hydrogen (secondary N) is 1. The number of H-pyrrole nitrogens is 1. The van der Waals surface area contributed by atoms with Crippen LogP contribution in [0.2, 0.25) is 0 Å². The molecule has 3 nitrogen and oxygen atoms in total. The van der Waals surface area contributed by atoms with E-state index < -0.39 is 0 Å². The standard InChI is InChI=1S/C13H9FN2OS2/c1-18-13-15-10-9(6-19-11(10)12(17)16-13)7-3-2-4-8(14)5-7/h2-6H,1H3,(H,15,16,17). The van der Waals surface area contributed by atoms with Crippen LogP contribution in [0.25, 0.3) is 21.3 Å². The lowest BCUT2D eigenvalue weighted by Crippen LogP contribution is -2.07. The summed E-state index contributed by atoms with van der Waals surface area (Å²) in [7, 11) is 0. The summed E-state index contributed by atoms with van der Waals surface area (Å²) in [6.07, 6.45) is 1.85. The molecule has 3 rings (SSSR count). The van der Waals surface area contributed by atoms with Crippen molar-refractivity contribution in [3.8, 4) is 11.1 Å². The highest BCUT2D eigenvalue weighted by Crippen LogP contribution is 2.31. The van der Waals surface area contributed by atoms with Gasteiger partial charge in [-0.25, -0.2) is 9.37 Å². The second-order valence-electron chi connectivity index (χ2n) is 3.91. The summed E-state index contributed by atoms with van der Waals surface area (Å²) < 4.78 is 13.9. The molecule has 3 aromatic rings. The number of fused-ring (bicyclic) bond motifs is 1. The Hall–Kier alpha value is -1.66. The first-order valence-electron chi connectivity index (χ1n) is 5.50. The first-order valence-corrected chi connectivity index (χ1v) is 7.61. The third-order valence-electron chi connectivity index (χ3n) is 2.73. The van der Waals surface area contributed by atoms with Crippen molar-refractivity contribution in [2.45, 2.75) is 5.16 Å². The number of aromatic amines is 1. The van der Waals surface area contributed by atoms with E-state index >= 15 is 0 Å². The lowest BCUT2D eigenvalue weighted by molar-refractivity contribution is 0.628. The monoisotopic (exact) mass is 292 g/mol. The van der Waals surface area contributed by atoms with Gasteiger partial charge in [0.1, 0.15) is 10.5 Å². The van der Waals surface area contributed by atoms with E-state index in [9.17, 15) is 9.18 Å². The quantitative estimate of drug-likeness (QED) is 0.580. The fourth-order valence-electron chi connectivity index (χ4n) is 1.86. The molecular weight excluding hydrogens is 283 g/mol. The average molecular weight is 292 g/mol. The van der Waals surface area contributed by atoms with E-state index in [2.05, 4.69) is 9.97 Å². The molecule has 0 aliphatic heterocycles. The van der Waals surface area contributed by atoms with E-state index in [4.69, 9.17) is 0 Å². The molecule has 0 atom stereocenters. The number of halogens is 1. The highest BCUT2D eigenvalue weighted by Gasteiger charge is 2.12. The molecule has 2 heterocycles. The molecule has 6 heteroatoms. The van der Waals surface area contributed by atoms with Crippen molar-refractivity contribution < 1.29 is 4.39 Å². The molecular formula is C13H9FN2OS2. The fraction of sp³-hybridized carbons (Fsp3) is 0.0769.